The second kappa shape index (κ2) is 13.3. The Morgan fingerprint density at radius 2 is 1.06 bits per heavy atom. The summed E-state index contributed by atoms with van der Waals surface area (Å²) in [7, 11) is 0. The van der Waals surface area contributed by atoms with E-state index in [4.69, 9.17) is 0 Å². The minimum absolute atomic E-state index is 0.00449. The molecule has 0 unspecified atom stereocenters. The lowest BCUT2D eigenvalue weighted by atomic mass is 10.0. The summed E-state index contributed by atoms with van der Waals surface area (Å²) >= 11 is 0. The number of phenolic OH excluding ortho intramolecular Hbond substituents is 2. The number of benzene rings is 3. The van der Waals surface area contributed by atoms with Crippen LogP contribution in [0.15, 0.2) is 60.7 Å². The fourth-order valence-electron chi connectivity index (χ4n) is 4.16. The van der Waals surface area contributed by atoms with Crippen molar-refractivity contribution in [3.63, 3.8) is 0 Å². The molecule has 6 heteroatoms. The first-order chi connectivity index (χ1) is 17.4. The molecule has 0 saturated heterocycles. The number of phenols is 2. The summed E-state index contributed by atoms with van der Waals surface area (Å²) in [6.45, 7) is 4.24. The van der Waals surface area contributed by atoms with Gasteiger partial charge in [-0.2, -0.15) is 0 Å². The van der Waals surface area contributed by atoms with Gasteiger partial charge < -0.3 is 20.8 Å². The molecule has 0 saturated carbocycles. The van der Waals surface area contributed by atoms with Crippen molar-refractivity contribution in [1.29, 1.82) is 0 Å². The van der Waals surface area contributed by atoms with Crippen LogP contribution in [0.4, 0.5) is 11.4 Å². The van der Waals surface area contributed by atoms with Crippen LogP contribution < -0.4 is 10.6 Å². The van der Waals surface area contributed by atoms with Crippen LogP contribution in [0.25, 0.3) is 0 Å². The molecule has 2 amide bonds. The van der Waals surface area contributed by atoms with Crippen LogP contribution in [0.1, 0.15) is 84.2 Å². The van der Waals surface area contributed by atoms with Crippen molar-refractivity contribution < 1.29 is 19.8 Å². The van der Waals surface area contributed by atoms with Gasteiger partial charge in [0, 0.05) is 11.4 Å². The Morgan fingerprint density at radius 1 is 0.639 bits per heavy atom. The van der Waals surface area contributed by atoms with Crippen molar-refractivity contribution >= 4 is 23.2 Å². The third kappa shape index (κ3) is 7.11. The molecule has 3 aromatic carbocycles. The third-order valence-corrected chi connectivity index (χ3v) is 6.21. The normalized spacial score (nSPS) is 10.7. The molecule has 0 aliphatic rings. The van der Waals surface area contributed by atoms with Crippen LogP contribution in [-0.4, -0.2) is 22.0 Å². The monoisotopic (exact) mass is 488 g/mol. The molecule has 0 heterocycles. The second-order valence-electron chi connectivity index (χ2n) is 9.03. The zero-order valence-electron chi connectivity index (χ0n) is 21.1. The molecule has 0 radical (unpaired) electrons. The van der Waals surface area contributed by atoms with Gasteiger partial charge >= 0.3 is 0 Å². The second-order valence-corrected chi connectivity index (χ2v) is 9.03. The van der Waals surface area contributed by atoms with E-state index < -0.39 is 11.8 Å². The predicted octanol–water partition coefficient (Wildman–Crippen LogP) is 7.07. The number of unbranched alkanes of at least 4 members (excludes halogenated alkanes) is 4. The van der Waals surface area contributed by atoms with Crippen molar-refractivity contribution in [1.82, 2.24) is 0 Å². The Labute approximate surface area is 213 Å². The average Bonchev–Trinajstić information content (AvgIpc) is 2.86. The van der Waals surface area contributed by atoms with Crippen LogP contribution >= 0.6 is 0 Å². The van der Waals surface area contributed by atoms with Gasteiger partial charge in [0.25, 0.3) is 11.8 Å². The number of aromatic hydroxyl groups is 2. The summed E-state index contributed by atoms with van der Waals surface area (Å²) in [5.41, 5.74) is 2.89. The number of hydrogen-bond acceptors (Lipinski definition) is 4. The van der Waals surface area contributed by atoms with Crippen LogP contribution in [-0.2, 0) is 12.8 Å². The maximum Gasteiger partial charge on any atom is 0.259 e. The molecule has 0 atom stereocenters. The first-order valence-electron chi connectivity index (χ1n) is 12.8. The van der Waals surface area contributed by atoms with Crippen LogP contribution in [0.5, 0.6) is 11.5 Å². The van der Waals surface area contributed by atoms with E-state index in [-0.39, 0.29) is 22.6 Å². The van der Waals surface area contributed by atoms with Gasteiger partial charge in [0.05, 0.1) is 11.1 Å². The molecular weight excluding hydrogens is 452 g/mol. The number of aryl methyl sites for hydroxylation is 2. The van der Waals surface area contributed by atoms with E-state index in [1.165, 1.54) is 0 Å². The average molecular weight is 489 g/mol. The fraction of sp³-hybridized carbons (Fsp3) is 0.333. The summed E-state index contributed by atoms with van der Waals surface area (Å²) in [6, 6.07) is 17.2. The maximum absolute atomic E-state index is 12.9. The number of anilines is 2. The highest BCUT2D eigenvalue weighted by atomic mass is 16.3. The van der Waals surface area contributed by atoms with Crippen molar-refractivity contribution in [3.05, 3.63) is 82.9 Å². The third-order valence-electron chi connectivity index (χ3n) is 6.21. The number of amides is 2. The molecule has 0 fully saturated rings. The number of rotatable bonds is 12. The van der Waals surface area contributed by atoms with Crippen molar-refractivity contribution in [2.75, 3.05) is 10.6 Å². The van der Waals surface area contributed by atoms with E-state index >= 15 is 0 Å². The SMILES string of the molecule is CCCCCc1cccc(C(=O)Nc2cccc(NC(=O)c3cccc(CCCCC)c3O)c2)c1O. The van der Waals surface area contributed by atoms with E-state index in [0.29, 0.717) is 11.4 Å². The highest BCUT2D eigenvalue weighted by molar-refractivity contribution is 6.08. The molecule has 190 valence electrons. The highest BCUT2D eigenvalue weighted by Gasteiger charge is 2.16. The molecule has 3 rings (SSSR count). The molecule has 36 heavy (non-hydrogen) atoms. The molecule has 0 aliphatic heterocycles. The van der Waals surface area contributed by atoms with E-state index in [1.54, 1.807) is 48.5 Å². The number of hydrogen-bond donors (Lipinski definition) is 4. The molecule has 6 nitrogen and oxygen atoms in total. The van der Waals surface area contributed by atoms with Gasteiger partial charge in [0.2, 0.25) is 0 Å². The van der Waals surface area contributed by atoms with Gasteiger partial charge in [-0.25, -0.2) is 0 Å². The minimum Gasteiger partial charge on any atom is -0.507 e. The fourth-order valence-corrected chi connectivity index (χ4v) is 4.16. The van der Waals surface area contributed by atoms with Gasteiger partial charge in [0.15, 0.2) is 0 Å². The number of carbonyl (C=O) groups is 2. The first-order valence-corrected chi connectivity index (χ1v) is 12.8. The van der Waals surface area contributed by atoms with Crippen molar-refractivity contribution in [2.45, 2.75) is 65.2 Å². The number of nitrogens with one attached hydrogen (secondary N) is 2. The molecule has 0 spiro atoms. The van der Waals surface area contributed by atoms with Gasteiger partial charge in [-0.15, -0.1) is 0 Å². The van der Waals surface area contributed by atoms with E-state index in [1.807, 2.05) is 12.1 Å². The largest absolute Gasteiger partial charge is 0.507 e. The molecule has 3 aromatic rings. The van der Waals surface area contributed by atoms with E-state index in [2.05, 4.69) is 24.5 Å². The molecular formula is C30H36N2O4. The Bertz CT molecular complexity index is 1100. The maximum atomic E-state index is 12.9. The van der Waals surface area contributed by atoms with Gasteiger partial charge in [0.1, 0.15) is 11.5 Å². The van der Waals surface area contributed by atoms with Crippen LogP contribution in [0.2, 0.25) is 0 Å². The lowest BCUT2D eigenvalue weighted by molar-refractivity contribution is 0.101. The Balaban J connectivity index is 1.69. The predicted molar refractivity (Wildman–Crippen MR) is 145 cm³/mol. The summed E-state index contributed by atoms with van der Waals surface area (Å²) < 4.78 is 0. The van der Waals surface area contributed by atoms with Crippen molar-refractivity contribution in [2.24, 2.45) is 0 Å². The van der Waals surface area contributed by atoms with Crippen LogP contribution in [0, 0.1) is 0 Å². The van der Waals surface area contributed by atoms with E-state index in [9.17, 15) is 19.8 Å². The molecule has 0 bridgehead atoms. The Hall–Kier alpha value is -3.80. The summed E-state index contributed by atoms with van der Waals surface area (Å²) in [6.07, 6.45) is 7.63. The topological polar surface area (TPSA) is 98.7 Å². The molecule has 0 aromatic heterocycles. The lowest BCUT2D eigenvalue weighted by Crippen LogP contribution is -2.15. The standard InChI is InChI=1S/C30H36N2O4/c1-3-5-7-12-21-14-9-18-25(27(21)33)29(35)31-23-16-11-17-24(20-23)32-30(36)26-19-10-15-22(28(26)34)13-8-6-4-2/h9-11,14-20,33-34H,3-8,12-13H2,1-2H3,(H,31,35)(H,32,36). The summed E-state index contributed by atoms with van der Waals surface area (Å²) in [5.74, 6) is -0.841. The number of carbonyl (C=O) groups excluding carboxylic acids is 2. The highest BCUT2D eigenvalue weighted by Crippen LogP contribution is 2.27. The molecule has 4 N–H and O–H groups in total. The summed E-state index contributed by atoms with van der Waals surface area (Å²) in [5, 5.41) is 26.8. The first kappa shape index (κ1) is 26.8. The van der Waals surface area contributed by atoms with Gasteiger partial charge in [-0.1, -0.05) is 69.9 Å². The Kier molecular flexibility index (Phi) is 9.92. The number of para-hydroxylation sites is 2. The van der Waals surface area contributed by atoms with Gasteiger partial charge in [-0.05, 0) is 67.1 Å². The van der Waals surface area contributed by atoms with Crippen LogP contribution in [0.3, 0.4) is 0 Å². The van der Waals surface area contributed by atoms with Gasteiger partial charge in [-0.3, -0.25) is 9.59 Å². The quantitative estimate of drug-likeness (QED) is 0.205. The lowest BCUT2D eigenvalue weighted by Gasteiger charge is -2.13. The van der Waals surface area contributed by atoms with Crippen molar-refractivity contribution in [3.8, 4) is 11.5 Å². The smallest absolute Gasteiger partial charge is 0.259 e. The Morgan fingerprint density at radius 3 is 1.47 bits per heavy atom. The summed E-state index contributed by atoms with van der Waals surface area (Å²) in [4.78, 5) is 25.7. The zero-order chi connectivity index (χ0) is 25.9. The van der Waals surface area contributed by atoms with E-state index in [0.717, 1.165) is 62.5 Å². The minimum atomic E-state index is -0.425. The molecule has 0 aliphatic carbocycles. The zero-order valence-corrected chi connectivity index (χ0v) is 21.1.